The topological polar surface area (TPSA) is 122 Å². The maximum atomic E-state index is 13.1. The van der Waals surface area contributed by atoms with Crippen molar-refractivity contribution in [3.05, 3.63) is 57.4 Å². The molecule has 4 heterocycles. The number of rotatable bonds is 5. The summed E-state index contributed by atoms with van der Waals surface area (Å²) in [6.45, 7) is 1.08. The molecule has 3 aromatic heterocycles. The number of ether oxygens (including phenoxy) is 1. The summed E-state index contributed by atoms with van der Waals surface area (Å²) in [5.41, 5.74) is 9.40. The molecule has 11 heteroatoms. The van der Waals surface area contributed by atoms with E-state index in [0.717, 1.165) is 20.7 Å². The Hall–Kier alpha value is -3.63. The molecule has 0 saturated heterocycles. The quantitative estimate of drug-likeness (QED) is 0.281. The molecule has 5 rings (SSSR count). The number of nitrogens with zero attached hydrogens (tertiary/aromatic N) is 4. The molecule has 1 aliphatic rings. The number of benzene rings is 1. The highest BCUT2D eigenvalue weighted by atomic mass is 35.5. The highest BCUT2D eigenvalue weighted by molar-refractivity contribution is 7.19. The van der Waals surface area contributed by atoms with Crippen LogP contribution in [0.2, 0.25) is 5.15 Å². The van der Waals surface area contributed by atoms with E-state index in [0.29, 0.717) is 58.9 Å². The molecule has 34 heavy (non-hydrogen) atoms. The lowest BCUT2D eigenvalue weighted by Crippen LogP contribution is -2.36. The third-order valence-electron chi connectivity index (χ3n) is 6.02. The van der Waals surface area contributed by atoms with Gasteiger partial charge in [-0.3, -0.25) is 4.79 Å². The molecule has 0 radical (unpaired) electrons. The van der Waals surface area contributed by atoms with E-state index in [4.69, 9.17) is 27.5 Å². The number of amides is 1. The molecular formula is C23H22ClN7O2S. The first-order valence-corrected chi connectivity index (χ1v) is 11.7. The second-order valence-corrected chi connectivity index (χ2v) is 9.40. The molecule has 1 aromatic carbocycles. The minimum atomic E-state index is -0.0484. The number of carbonyl (C=O) groups is 1. The number of aromatic nitrogens is 3. The van der Waals surface area contributed by atoms with Gasteiger partial charge < -0.3 is 30.7 Å². The summed E-state index contributed by atoms with van der Waals surface area (Å²) in [6, 6.07) is 6.93. The zero-order chi connectivity index (χ0) is 24.0. The minimum absolute atomic E-state index is 0.0484. The molecule has 9 nitrogen and oxygen atoms in total. The summed E-state index contributed by atoms with van der Waals surface area (Å²) in [5, 5.41) is 12.4. The van der Waals surface area contributed by atoms with E-state index >= 15 is 0 Å². The fraction of sp³-hybridized carbons (Fsp3) is 0.217. The number of anilines is 3. The Kier molecular flexibility index (Phi) is 5.62. The van der Waals surface area contributed by atoms with Crippen molar-refractivity contribution < 1.29 is 9.53 Å². The van der Waals surface area contributed by atoms with Crippen molar-refractivity contribution in [3.8, 4) is 5.75 Å². The lowest BCUT2D eigenvalue weighted by atomic mass is 10.0. The first-order valence-electron chi connectivity index (χ1n) is 10.5. The molecule has 0 unspecified atom stereocenters. The molecule has 0 atom stereocenters. The van der Waals surface area contributed by atoms with E-state index in [1.165, 1.54) is 12.5 Å². The number of methoxy groups -OCH3 is 1. The number of fused-ring (bicyclic) bond motifs is 3. The van der Waals surface area contributed by atoms with Crippen molar-refractivity contribution in [1.29, 1.82) is 5.41 Å². The molecule has 174 valence electrons. The van der Waals surface area contributed by atoms with Crippen LogP contribution >= 0.6 is 22.9 Å². The van der Waals surface area contributed by atoms with Crippen LogP contribution in [-0.2, 0) is 20.0 Å². The van der Waals surface area contributed by atoms with E-state index in [2.05, 4.69) is 15.3 Å². The zero-order valence-electron chi connectivity index (χ0n) is 18.6. The number of nitrogen functional groups attached to an aromatic ring is 1. The van der Waals surface area contributed by atoms with Crippen LogP contribution in [0, 0.1) is 5.41 Å². The molecule has 0 saturated carbocycles. The molecule has 1 aliphatic heterocycles. The van der Waals surface area contributed by atoms with Gasteiger partial charge in [-0.15, -0.1) is 11.3 Å². The Labute approximate surface area is 204 Å². The van der Waals surface area contributed by atoms with Crippen LogP contribution in [0.1, 0.15) is 26.5 Å². The zero-order valence-corrected chi connectivity index (χ0v) is 20.1. The average Bonchev–Trinajstić information content (AvgIpc) is 3.38. The van der Waals surface area contributed by atoms with Gasteiger partial charge in [0.2, 0.25) is 0 Å². The van der Waals surface area contributed by atoms with Gasteiger partial charge in [-0.25, -0.2) is 9.97 Å². The molecular weight excluding hydrogens is 474 g/mol. The lowest BCUT2D eigenvalue weighted by Gasteiger charge is -2.27. The Morgan fingerprint density at radius 3 is 2.88 bits per heavy atom. The summed E-state index contributed by atoms with van der Waals surface area (Å²) in [6.07, 6.45) is 3.40. The fourth-order valence-corrected chi connectivity index (χ4v) is 5.55. The summed E-state index contributed by atoms with van der Waals surface area (Å²) in [7, 11) is 3.35. The number of nitrogens with two attached hydrogens (primary N) is 1. The summed E-state index contributed by atoms with van der Waals surface area (Å²) >= 11 is 7.69. The van der Waals surface area contributed by atoms with Gasteiger partial charge in [0.1, 0.15) is 33.6 Å². The highest BCUT2D eigenvalue weighted by Gasteiger charge is 2.28. The number of halogens is 1. The van der Waals surface area contributed by atoms with Crippen LogP contribution in [0.25, 0.3) is 10.2 Å². The Morgan fingerprint density at radius 1 is 1.35 bits per heavy atom. The summed E-state index contributed by atoms with van der Waals surface area (Å²) < 4.78 is 7.18. The van der Waals surface area contributed by atoms with Crippen LogP contribution in [0.5, 0.6) is 5.75 Å². The predicted molar refractivity (Wildman–Crippen MR) is 135 cm³/mol. The van der Waals surface area contributed by atoms with Gasteiger partial charge in [-0.05, 0) is 30.2 Å². The van der Waals surface area contributed by atoms with Gasteiger partial charge in [0.05, 0.1) is 24.7 Å². The van der Waals surface area contributed by atoms with E-state index in [1.54, 1.807) is 54.3 Å². The summed E-state index contributed by atoms with van der Waals surface area (Å²) in [4.78, 5) is 25.8. The Bertz CT molecular complexity index is 1450. The standard InChI is InChI=1S/C23H22ClN7O2S/c1-30-16(3-4-19(30)24)23(32)31-6-5-13-18(10-31)34-22-20(13)21(27-11-28-22)29-15-7-12(9-25)14(26)8-17(15)33-2/h3-4,7-9,11,25H,5-6,10,26H2,1-2H3,(H,27,28,29). The van der Waals surface area contributed by atoms with Gasteiger partial charge in [0, 0.05) is 42.0 Å². The fourth-order valence-electron chi connectivity index (χ4n) is 4.19. The number of carbonyl (C=O) groups excluding carboxylic acids is 1. The van der Waals surface area contributed by atoms with Crippen molar-refractivity contribution >= 4 is 62.5 Å². The number of hydrogen-bond donors (Lipinski definition) is 3. The molecule has 1 amide bonds. The van der Waals surface area contributed by atoms with Crippen LogP contribution in [-0.4, -0.2) is 45.2 Å². The third kappa shape index (κ3) is 3.64. The van der Waals surface area contributed by atoms with Crippen molar-refractivity contribution in [2.45, 2.75) is 13.0 Å². The van der Waals surface area contributed by atoms with Crippen molar-refractivity contribution in [2.75, 3.05) is 24.7 Å². The highest BCUT2D eigenvalue weighted by Crippen LogP contribution is 2.40. The van der Waals surface area contributed by atoms with Crippen molar-refractivity contribution in [2.24, 2.45) is 7.05 Å². The monoisotopic (exact) mass is 495 g/mol. The minimum Gasteiger partial charge on any atom is -0.494 e. The molecule has 0 spiro atoms. The smallest absolute Gasteiger partial charge is 0.270 e. The normalized spacial score (nSPS) is 13.1. The Balaban J connectivity index is 1.50. The second-order valence-electron chi connectivity index (χ2n) is 7.93. The van der Waals surface area contributed by atoms with Crippen LogP contribution in [0.4, 0.5) is 17.2 Å². The van der Waals surface area contributed by atoms with Crippen LogP contribution in [0.15, 0.2) is 30.6 Å². The third-order valence-corrected chi connectivity index (χ3v) is 7.52. The van der Waals surface area contributed by atoms with Gasteiger partial charge in [0.25, 0.3) is 5.91 Å². The van der Waals surface area contributed by atoms with Gasteiger partial charge in [0.15, 0.2) is 0 Å². The van der Waals surface area contributed by atoms with Crippen molar-refractivity contribution in [1.82, 2.24) is 19.4 Å². The molecule has 0 aliphatic carbocycles. The second kappa shape index (κ2) is 8.62. The van der Waals surface area contributed by atoms with Gasteiger partial charge in [-0.2, -0.15) is 0 Å². The van der Waals surface area contributed by atoms with E-state index in [1.807, 2.05) is 4.90 Å². The van der Waals surface area contributed by atoms with E-state index in [9.17, 15) is 4.79 Å². The molecule has 0 bridgehead atoms. The number of nitrogens with one attached hydrogen (secondary N) is 2. The largest absolute Gasteiger partial charge is 0.494 e. The maximum absolute atomic E-state index is 13.1. The molecule has 0 fully saturated rings. The van der Waals surface area contributed by atoms with Crippen LogP contribution in [0.3, 0.4) is 0 Å². The van der Waals surface area contributed by atoms with Gasteiger partial charge >= 0.3 is 0 Å². The first kappa shape index (κ1) is 22.2. The maximum Gasteiger partial charge on any atom is 0.270 e. The van der Waals surface area contributed by atoms with Crippen LogP contribution < -0.4 is 15.8 Å². The predicted octanol–water partition coefficient (Wildman–Crippen LogP) is 4.21. The van der Waals surface area contributed by atoms with Gasteiger partial charge in [-0.1, -0.05) is 11.6 Å². The SMILES string of the molecule is COc1cc(N)c(C=N)cc1Nc1ncnc2sc3c(c12)CCN(C(=O)c1ccc(Cl)n1C)C3. The van der Waals surface area contributed by atoms with E-state index < -0.39 is 0 Å². The molecule has 4 aromatic rings. The molecule has 4 N–H and O–H groups in total. The Morgan fingerprint density at radius 2 is 2.18 bits per heavy atom. The van der Waals surface area contributed by atoms with Crippen molar-refractivity contribution in [3.63, 3.8) is 0 Å². The number of hydrogen-bond acceptors (Lipinski definition) is 8. The average molecular weight is 496 g/mol. The first-order chi connectivity index (χ1) is 16.4. The number of thiophene rings is 1. The lowest BCUT2D eigenvalue weighted by molar-refractivity contribution is 0.0728. The van der Waals surface area contributed by atoms with E-state index in [-0.39, 0.29) is 5.91 Å². The summed E-state index contributed by atoms with van der Waals surface area (Å²) in [5.74, 6) is 1.15.